The van der Waals surface area contributed by atoms with E-state index in [9.17, 15) is 4.79 Å². The van der Waals surface area contributed by atoms with Crippen molar-refractivity contribution in [2.24, 2.45) is 12.0 Å². The highest BCUT2D eigenvalue weighted by molar-refractivity contribution is 6.10. The first-order valence-electron chi connectivity index (χ1n) is 10.1. The molecule has 2 aromatic carbocycles. The predicted molar refractivity (Wildman–Crippen MR) is 124 cm³/mol. The standard InChI is InChI=1S/C24H29N5O2/c1-15-11-12-22(31-6)21(13-15)26-24(25-14-20-17(3)28-29(5)18(20)4)27-23(30)19-10-8-7-9-16(19)2/h7-13H,14H2,1-6H3,(H2,25,26,27,30). The minimum absolute atomic E-state index is 0.226. The fraction of sp³-hybridized carbons (Fsp3) is 0.292. The highest BCUT2D eigenvalue weighted by Crippen LogP contribution is 2.25. The molecule has 0 aliphatic heterocycles. The lowest BCUT2D eigenvalue weighted by atomic mass is 10.1. The third-order valence-corrected chi connectivity index (χ3v) is 5.28. The maximum absolute atomic E-state index is 13.0. The molecular weight excluding hydrogens is 390 g/mol. The van der Waals surface area contributed by atoms with E-state index < -0.39 is 0 Å². The Labute approximate surface area is 183 Å². The predicted octanol–water partition coefficient (Wildman–Crippen LogP) is 4.06. The van der Waals surface area contributed by atoms with Gasteiger partial charge >= 0.3 is 0 Å². The maximum atomic E-state index is 13.0. The van der Waals surface area contributed by atoms with Crippen LogP contribution in [-0.2, 0) is 13.6 Å². The van der Waals surface area contributed by atoms with Gasteiger partial charge in [-0.25, -0.2) is 4.99 Å². The lowest BCUT2D eigenvalue weighted by Crippen LogP contribution is -2.36. The zero-order chi connectivity index (χ0) is 22.5. The van der Waals surface area contributed by atoms with Crippen LogP contribution < -0.4 is 15.4 Å². The highest BCUT2D eigenvalue weighted by atomic mass is 16.5. The molecule has 1 amide bonds. The molecule has 0 saturated carbocycles. The molecule has 1 heterocycles. The summed E-state index contributed by atoms with van der Waals surface area (Å²) < 4.78 is 7.31. The Morgan fingerprint density at radius 3 is 2.52 bits per heavy atom. The smallest absolute Gasteiger partial charge is 0.258 e. The molecule has 0 spiro atoms. The average Bonchev–Trinajstić information content (AvgIpc) is 2.97. The summed E-state index contributed by atoms with van der Waals surface area (Å²) in [6, 6.07) is 13.3. The molecule has 0 atom stereocenters. The Morgan fingerprint density at radius 1 is 1.13 bits per heavy atom. The molecule has 7 heteroatoms. The molecule has 0 aliphatic rings. The topological polar surface area (TPSA) is 80.5 Å². The number of anilines is 1. The van der Waals surface area contributed by atoms with E-state index in [4.69, 9.17) is 4.74 Å². The summed E-state index contributed by atoms with van der Waals surface area (Å²) in [6.07, 6.45) is 0. The van der Waals surface area contributed by atoms with E-state index in [0.29, 0.717) is 23.8 Å². The number of methoxy groups -OCH3 is 1. The van der Waals surface area contributed by atoms with Gasteiger partial charge in [0.1, 0.15) is 5.75 Å². The van der Waals surface area contributed by atoms with Crippen LogP contribution in [0.4, 0.5) is 5.69 Å². The van der Waals surface area contributed by atoms with Gasteiger partial charge in [-0.05, 0) is 57.0 Å². The van der Waals surface area contributed by atoms with Gasteiger partial charge in [0.25, 0.3) is 5.91 Å². The molecule has 0 aliphatic carbocycles. The van der Waals surface area contributed by atoms with E-state index in [0.717, 1.165) is 33.8 Å². The fourth-order valence-electron chi connectivity index (χ4n) is 3.36. The summed E-state index contributed by atoms with van der Waals surface area (Å²) in [5.41, 5.74) is 6.27. The van der Waals surface area contributed by atoms with Gasteiger partial charge in [0.05, 0.1) is 25.0 Å². The number of hydrogen-bond donors (Lipinski definition) is 2. The number of amides is 1. The minimum atomic E-state index is -0.226. The van der Waals surface area contributed by atoms with Gasteiger partial charge in [0, 0.05) is 23.9 Å². The molecular formula is C24H29N5O2. The molecule has 7 nitrogen and oxygen atoms in total. The van der Waals surface area contributed by atoms with E-state index in [1.165, 1.54) is 0 Å². The van der Waals surface area contributed by atoms with Crippen molar-refractivity contribution in [3.63, 3.8) is 0 Å². The summed E-state index contributed by atoms with van der Waals surface area (Å²) in [5, 5.41) is 10.6. The molecule has 0 saturated heterocycles. The van der Waals surface area contributed by atoms with Crippen molar-refractivity contribution in [2.45, 2.75) is 34.2 Å². The van der Waals surface area contributed by atoms with E-state index in [1.807, 2.05) is 75.8 Å². The Kier molecular flexibility index (Phi) is 6.74. The molecule has 0 radical (unpaired) electrons. The number of guanidine groups is 1. The van der Waals surface area contributed by atoms with Gasteiger partial charge in [-0.15, -0.1) is 0 Å². The number of carbonyl (C=O) groups is 1. The Balaban J connectivity index is 1.94. The first-order chi connectivity index (χ1) is 14.8. The quantitative estimate of drug-likeness (QED) is 0.483. The Hall–Kier alpha value is -3.61. The van der Waals surface area contributed by atoms with Crippen molar-refractivity contribution in [3.05, 3.63) is 76.1 Å². The van der Waals surface area contributed by atoms with Crippen LogP contribution in [0.2, 0.25) is 0 Å². The van der Waals surface area contributed by atoms with Crippen LogP contribution in [0.15, 0.2) is 47.5 Å². The van der Waals surface area contributed by atoms with Gasteiger partial charge in [-0.1, -0.05) is 24.3 Å². The molecule has 1 aromatic heterocycles. The molecule has 0 bridgehead atoms. The Bertz CT molecular complexity index is 1130. The number of ether oxygens (including phenoxy) is 1. The number of nitrogens with one attached hydrogen (secondary N) is 2. The number of nitrogens with zero attached hydrogens (tertiary/aromatic N) is 3. The van der Waals surface area contributed by atoms with Gasteiger partial charge in [0.2, 0.25) is 5.96 Å². The van der Waals surface area contributed by atoms with Gasteiger partial charge in [-0.3, -0.25) is 14.8 Å². The van der Waals surface area contributed by atoms with Crippen LogP contribution >= 0.6 is 0 Å². The SMILES string of the molecule is COc1ccc(C)cc1NC(=NCc1c(C)nn(C)c1C)NC(=O)c1ccccc1C. The van der Waals surface area contributed by atoms with Crippen LogP contribution in [0.1, 0.15) is 38.4 Å². The number of rotatable bonds is 5. The summed E-state index contributed by atoms with van der Waals surface area (Å²) in [5.74, 6) is 0.785. The number of aromatic nitrogens is 2. The summed E-state index contributed by atoms with van der Waals surface area (Å²) in [6.45, 7) is 8.25. The number of benzene rings is 2. The first kappa shape index (κ1) is 22.1. The van der Waals surface area contributed by atoms with E-state index in [1.54, 1.807) is 13.2 Å². The largest absolute Gasteiger partial charge is 0.495 e. The second kappa shape index (κ2) is 9.47. The van der Waals surface area contributed by atoms with Gasteiger partial charge < -0.3 is 10.1 Å². The number of carbonyl (C=O) groups excluding carboxylic acids is 1. The van der Waals surface area contributed by atoms with E-state index >= 15 is 0 Å². The normalized spacial score (nSPS) is 11.4. The van der Waals surface area contributed by atoms with Crippen LogP contribution in [0, 0.1) is 27.7 Å². The molecule has 0 fully saturated rings. The third kappa shape index (κ3) is 5.12. The lowest BCUT2D eigenvalue weighted by Gasteiger charge is -2.15. The van der Waals surface area contributed by atoms with Crippen molar-refractivity contribution in [1.29, 1.82) is 0 Å². The Morgan fingerprint density at radius 2 is 1.87 bits per heavy atom. The van der Waals surface area contributed by atoms with Crippen LogP contribution in [0.25, 0.3) is 0 Å². The van der Waals surface area contributed by atoms with Crippen molar-refractivity contribution >= 4 is 17.6 Å². The summed E-state index contributed by atoms with van der Waals surface area (Å²) >= 11 is 0. The summed E-state index contributed by atoms with van der Waals surface area (Å²) in [7, 11) is 3.52. The minimum Gasteiger partial charge on any atom is -0.495 e. The van der Waals surface area contributed by atoms with E-state index in [2.05, 4.69) is 20.7 Å². The molecule has 31 heavy (non-hydrogen) atoms. The number of aliphatic imine (C=N–C) groups is 1. The molecule has 3 rings (SSSR count). The third-order valence-electron chi connectivity index (χ3n) is 5.28. The van der Waals surface area contributed by atoms with E-state index in [-0.39, 0.29) is 5.91 Å². The van der Waals surface area contributed by atoms with Crippen molar-refractivity contribution in [3.8, 4) is 5.75 Å². The van der Waals surface area contributed by atoms with Crippen LogP contribution in [-0.4, -0.2) is 28.8 Å². The second-order valence-electron chi connectivity index (χ2n) is 7.54. The molecule has 3 aromatic rings. The lowest BCUT2D eigenvalue weighted by molar-refractivity contribution is 0.0976. The maximum Gasteiger partial charge on any atom is 0.258 e. The van der Waals surface area contributed by atoms with Crippen LogP contribution in [0.3, 0.4) is 0 Å². The summed E-state index contributed by atoms with van der Waals surface area (Å²) in [4.78, 5) is 17.6. The first-order valence-corrected chi connectivity index (χ1v) is 10.1. The van der Waals surface area contributed by atoms with Crippen molar-refractivity contribution in [1.82, 2.24) is 15.1 Å². The zero-order valence-corrected chi connectivity index (χ0v) is 18.9. The average molecular weight is 420 g/mol. The van der Waals surface area contributed by atoms with Gasteiger partial charge in [0.15, 0.2) is 0 Å². The second-order valence-corrected chi connectivity index (χ2v) is 7.54. The number of hydrogen-bond acceptors (Lipinski definition) is 4. The fourth-order valence-corrected chi connectivity index (χ4v) is 3.36. The van der Waals surface area contributed by atoms with Crippen molar-refractivity contribution in [2.75, 3.05) is 12.4 Å². The number of aryl methyl sites for hydroxylation is 4. The molecule has 162 valence electrons. The van der Waals surface area contributed by atoms with Crippen LogP contribution in [0.5, 0.6) is 5.75 Å². The van der Waals surface area contributed by atoms with Gasteiger partial charge in [-0.2, -0.15) is 5.10 Å². The molecule has 2 N–H and O–H groups in total. The monoisotopic (exact) mass is 419 g/mol. The zero-order valence-electron chi connectivity index (χ0n) is 18.9. The molecule has 0 unspecified atom stereocenters. The van der Waals surface area contributed by atoms with Crippen molar-refractivity contribution < 1.29 is 9.53 Å². The highest BCUT2D eigenvalue weighted by Gasteiger charge is 2.15.